The predicted molar refractivity (Wildman–Crippen MR) is 62.7 cm³/mol. The van der Waals surface area contributed by atoms with Gasteiger partial charge in [0.05, 0.1) is 0 Å². The van der Waals surface area contributed by atoms with Crippen LogP contribution in [0.5, 0.6) is 0 Å². The highest BCUT2D eigenvalue weighted by Gasteiger charge is 2.30. The van der Waals surface area contributed by atoms with E-state index in [2.05, 4.69) is 44.4 Å². The maximum Gasteiger partial charge on any atom is 0.0200 e. The van der Waals surface area contributed by atoms with Crippen LogP contribution in [0.4, 0.5) is 0 Å². The second-order valence-electron chi connectivity index (χ2n) is 5.51. The van der Waals surface area contributed by atoms with E-state index in [0.29, 0.717) is 11.6 Å². The third kappa shape index (κ3) is 2.96. The minimum atomic E-state index is 0.331. The third-order valence-corrected chi connectivity index (χ3v) is 3.11. The van der Waals surface area contributed by atoms with Crippen LogP contribution in [0.25, 0.3) is 0 Å². The molecule has 0 aromatic heterocycles. The summed E-state index contributed by atoms with van der Waals surface area (Å²) in [5, 5.41) is 0. The van der Waals surface area contributed by atoms with Gasteiger partial charge in [-0.25, -0.2) is 0 Å². The van der Waals surface area contributed by atoms with E-state index in [1.807, 2.05) is 0 Å². The summed E-state index contributed by atoms with van der Waals surface area (Å²) in [6, 6.07) is 0.704. The Hall–Kier alpha value is -0.0800. The highest BCUT2D eigenvalue weighted by atomic mass is 15.3. The Bertz CT molecular complexity index is 172. The Kier molecular flexibility index (Phi) is 3.96. The van der Waals surface area contributed by atoms with Crippen LogP contribution in [-0.2, 0) is 0 Å². The standard InChI is InChI=1S/C12H26N2/c1-6-7-13-8-9-14(11(2)10-13)12(3,4)5/h11H,6-10H2,1-5H3/t11-/m0/s1. The number of nitrogens with zero attached hydrogens (tertiary/aromatic N) is 2. The Morgan fingerprint density at radius 1 is 1.21 bits per heavy atom. The van der Waals surface area contributed by atoms with Crippen molar-refractivity contribution >= 4 is 0 Å². The predicted octanol–water partition coefficient (Wildman–Crippen LogP) is 2.20. The second kappa shape index (κ2) is 4.63. The van der Waals surface area contributed by atoms with Crippen molar-refractivity contribution in [1.29, 1.82) is 0 Å². The fourth-order valence-corrected chi connectivity index (χ4v) is 2.55. The summed E-state index contributed by atoms with van der Waals surface area (Å²) in [5.74, 6) is 0. The average Bonchev–Trinajstić information content (AvgIpc) is 2.02. The molecular weight excluding hydrogens is 172 g/mol. The van der Waals surface area contributed by atoms with Gasteiger partial charge in [0.2, 0.25) is 0 Å². The van der Waals surface area contributed by atoms with Crippen LogP contribution in [0.3, 0.4) is 0 Å². The first-order chi connectivity index (χ1) is 6.45. The maximum atomic E-state index is 2.62. The SMILES string of the molecule is CCCN1CCN(C(C)(C)C)[C@@H](C)C1. The quantitative estimate of drug-likeness (QED) is 0.671. The van der Waals surface area contributed by atoms with Gasteiger partial charge in [-0.2, -0.15) is 0 Å². The molecule has 84 valence electrons. The van der Waals surface area contributed by atoms with E-state index >= 15 is 0 Å². The summed E-state index contributed by atoms with van der Waals surface area (Å²) < 4.78 is 0. The summed E-state index contributed by atoms with van der Waals surface area (Å²) in [6.45, 7) is 16.6. The van der Waals surface area contributed by atoms with E-state index in [1.54, 1.807) is 0 Å². The number of rotatable bonds is 2. The highest BCUT2D eigenvalue weighted by Crippen LogP contribution is 2.20. The molecule has 1 fully saturated rings. The zero-order valence-corrected chi connectivity index (χ0v) is 10.5. The van der Waals surface area contributed by atoms with Crippen LogP contribution in [0.1, 0.15) is 41.0 Å². The van der Waals surface area contributed by atoms with Crippen LogP contribution in [0, 0.1) is 0 Å². The molecule has 0 unspecified atom stereocenters. The van der Waals surface area contributed by atoms with Crippen molar-refractivity contribution in [3.05, 3.63) is 0 Å². The second-order valence-corrected chi connectivity index (χ2v) is 5.51. The van der Waals surface area contributed by atoms with Gasteiger partial charge in [0, 0.05) is 31.2 Å². The molecule has 2 nitrogen and oxygen atoms in total. The van der Waals surface area contributed by atoms with Gasteiger partial charge in [0.25, 0.3) is 0 Å². The van der Waals surface area contributed by atoms with Crippen molar-refractivity contribution in [2.24, 2.45) is 0 Å². The fourth-order valence-electron chi connectivity index (χ4n) is 2.55. The van der Waals surface area contributed by atoms with Gasteiger partial charge in [0.1, 0.15) is 0 Å². The zero-order chi connectivity index (χ0) is 10.8. The molecule has 1 saturated heterocycles. The van der Waals surface area contributed by atoms with Gasteiger partial charge < -0.3 is 4.90 Å². The molecule has 1 rings (SSSR count). The van der Waals surface area contributed by atoms with Crippen LogP contribution in [0.2, 0.25) is 0 Å². The molecule has 0 spiro atoms. The first-order valence-corrected chi connectivity index (χ1v) is 5.94. The highest BCUT2D eigenvalue weighted by molar-refractivity contribution is 4.87. The lowest BCUT2D eigenvalue weighted by Crippen LogP contribution is -2.58. The summed E-state index contributed by atoms with van der Waals surface area (Å²) in [6.07, 6.45) is 1.28. The molecule has 0 aliphatic carbocycles. The minimum absolute atomic E-state index is 0.331. The molecule has 0 amide bonds. The first-order valence-electron chi connectivity index (χ1n) is 5.94. The Morgan fingerprint density at radius 3 is 2.29 bits per heavy atom. The summed E-state index contributed by atoms with van der Waals surface area (Å²) >= 11 is 0. The van der Waals surface area contributed by atoms with Gasteiger partial charge in [-0.3, -0.25) is 4.90 Å². The molecule has 0 aromatic rings. The fraction of sp³-hybridized carbons (Fsp3) is 1.00. The molecule has 1 aliphatic rings. The number of hydrogen-bond acceptors (Lipinski definition) is 2. The molecule has 0 aromatic carbocycles. The van der Waals surface area contributed by atoms with E-state index in [9.17, 15) is 0 Å². The minimum Gasteiger partial charge on any atom is -0.301 e. The van der Waals surface area contributed by atoms with Crippen molar-refractivity contribution < 1.29 is 0 Å². The summed E-state index contributed by atoms with van der Waals surface area (Å²) in [4.78, 5) is 5.21. The molecule has 1 heterocycles. The van der Waals surface area contributed by atoms with Gasteiger partial charge in [-0.15, -0.1) is 0 Å². The van der Waals surface area contributed by atoms with E-state index < -0.39 is 0 Å². The largest absolute Gasteiger partial charge is 0.301 e. The van der Waals surface area contributed by atoms with E-state index in [1.165, 1.54) is 32.6 Å². The monoisotopic (exact) mass is 198 g/mol. The Morgan fingerprint density at radius 2 is 1.86 bits per heavy atom. The Labute approximate surface area is 89.3 Å². The van der Waals surface area contributed by atoms with E-state index in [0.717, 1.165) is 0 Å². The van der Waals surface area contributed by atoms with Crippen molar-refractivity contribution in [2.75, 3.05) is 26.2 Å². The van der Waals surface area contributed by atoms with Crippen molar-refractivity contribution in [3.8, 4) is 0 Å². The molecule has 14 heavy (non-hydrogen) atoms. The number of piperazine rings is 1. The van der Waals surface area contributed by atoms with Gasteiger partial charge in [-0.1, -0.05) is 6.92 Å². The van der Waals surface area contributed by atoms with Crippen LogP contribution >= 0.6 is 0 Å². The molecule has 2 heteroatoms. The molecule has 0 saturated carbocycles. The molecule has 0 bridgehead atoms. The molecule has 1 atom stereocenters. The third-order valence-electron chi connectivity index (χ3n) is 3.11. The summed E-state index contributed by atoms with van der Waals surface area (Å²) in [5.41, 5.74) is 0.331. The van der Waals surface area contributed by atoms with Gasteiger partial charge >= 0.3 is 0 Å². The van der Waals surface area contributed by atoms with Crippen molar-refractivity contribution in [3.63, 3.8) is 0 Å². The van der Waals surface area contributed by atoms with Crippen LogP contribution in [0.15, 0.2) is 0 Å². The van der Waals surface area contributed by atoms with E-state index in [4.69, 9.17) is 0 Å². The zero-order valence-electron chi connectivity index (χ0n) is 10.5. The Balaban J connectivity index is 2.48. The van der Waals surface area contributed by atoms with Crippen LogP contribution < -0.4 is 0 Å². The molecule has 1 aliphatic heterocycles. The number of hydrogen-bond donors (Lipinski definition) is 0. The normalized spacial score (nSPS) is 26.8. The lowest BCUT2D eigenvalue weighted by molar-refractivity contribution is 0.0182. The van der Waals surface area contributed by atoms with Crippen molar-refractivity contribution in [2.45, 2.75) is 52.6 Å². The smallest absolute Gasteiger partial charge is 0.0200 e. The molecular formula is C12H26N2. The molecule has 0 N–H and O–H groups in total. The van der Waals surface area contributed by atoms with Crippen molar-refractivity contribution in [1.82, 2.24) is 9.80 Å². The lowest BCUT2D eigenvalue weighted by atomic mass is 10.0. The van der Waals surface area contributed by atoms with E-state index in [-0.39, 0.29) is 0 Å². The average molecular weight is 198 g/mol. The topological polar surface area (TPSA) is 6.48 Å². The summed E-state index contributed by atoms with van der Waals surface area (Å²) in [7, 11) is 0. The first kappa shape index (κ1) is 12.0. The van der Waals surface area contributed by atoms with Crippen LogP contribution in [-0.4, -0.2) is 47.6 Å². The molecule has 0 radical (unpaired) electrons. The van der Waals surface area contributed by atoms with Gasteiger partial charge in [0.15, 0.2) is 0 Å². The van der Waals surface area contributed by atoms with Gasteiger partial charge in [-0.05, 0) is 40.7 Å². The lowest BCUT2D eigenvalue weighted by Gasteiger charge is -2.46. The maximum absolute atomic E-state index is 2.62.